The second kappa shape index (κ2) is 6.97. The fourth-order valence-electron chi connectivity index (χ4n) is 3.15. The molecule has 1 heterocycles. The highest BCUT2D eigenvalue weighted by molar-refractivity contribution is 6.03. The van der Waals surface area contributed by atoms with E-state index in [4.69, 9.17) is 4.74 Å². The monoisotopic (exact) mass is 338 g/mol. The van der Waals surface area contributed by atoms with Crippen LogP contribution in [0.2, 0.25) is 0 Å². The molecule has 0 saturated carbocycles. The van der Waals surface area contributed by atoms with E-state index in [1.54, 1.807) is 48.1 Å². The molecule has 5 nitrogen and oxygen atoms in total. The molecule has 2 amide bonds. The topological polar surface area (TPSA) is 49.9 Å². The first-order valence-electron chi connectivity index (χ1n) is 8.35. The molecular weight excluding hydrogens is 316 g/mol. The SMILES string of the molecule is COc1ccc(C(=O)N2CCN(c3ccccc3C)C(=O)[C@H]2C)cc1. The van der Waals surface area contributed by atoms with Gasteiger partial charge in [-0.25, -0.2) is 0 Å². The molecule has 1 atom stereocenters. The average molecular weight is 338 g/mol. The lowest BCUT2D eigenvalue weighted by Crippen LogP contribution is -2.57. The largest absolute Gasteiger partial charge is 0.497 e. The van der Waals surface area contributed by atoms with E-state index in [9.17, 15) is 9.59 Å². The Morgan fingerprint density at radius 2 is 1.76 bits per heavy atom. The molecule has 1 fully saturated rings. The van der Waals surface area contributed by atoms with Crippen molar-refractivity contribution in [2.75, 3.05) is 25.1 Å². The molecule has 0 aliphatic carbocycles. The number of aryl methyl sites for hydroxylation is 1. The Morgan fingerprint density at radius 1 is 1.08 bits per heavy atom. The Labute approximate surface area is 147 Å². The Hall–Kier alpha value is -2.82. The number of anilines is 1. The van der Waals surface area contributed by atoms with E-state index in [0.29, 0.717) is 24.4 Å². The first kappa shape index (κ1) is 17.0. The summed E-state index contributed by atoms with van der Waals surface area (Å²) in [6, 6.07) is 14.3. The Balaban J connectivity index is 1.79. The molecule has 0 spiro atoms. The maximum absolute atomic E-state index is 12.8. The van der Waals surface area contributed by atoms with Crippen molar-refractivity contribution in [3.05, 3.63) is 59.7 Å². The summed E-state index contributed by atoms with van der Waals surface area (Å²) in [6.07, 6.45) is 0. The number of amides is 2. The van der Waals surface area contributed by atoms with Crippen molar-refractivity contribution in [2.45, 2.75) is 19.9 Å². The number of methoxy groups -OCH3 is 1. The average Bonchev–Trinajstić information content (AvgIpc) is 2.64. The Kier molecular flexibility index (Phi) is 4.74. The van der Waals surface area contributed by atoms with Gasteiger partial charge in [-0.3, -0.25) is 9.59 Å². The molecule has 1 aliphatic heterocycles. The van der Waals surface area contributed by atoms with E-state index in [-0.39, 0.29) is 11.8 Å². The van der Waals surface area contributed by atoms with Crippen molar-refractivity contribution in [2.24, 2.45) is 0 Å². The van der Waals surface area contributed by atoms with Crippen LogP contribution in [0, 0.1) is 6.92 Å². The summed E-state index contributed by atoms with van der Waals surface area (Å²) < 4.78 is 5.12. The zero-order valence-corrected chi connectivity index (χ0v) is 14.7. The molecule has 0 aromatic heterocycles. The van der Waals surface area contributed by atoms with E-state index < -0.39 is 6.04 Å². The molecule has 0 bridgehead atoms. The smallest absolute Gasteiger partial charge is 0.254 e. The van der Waals surface area contributed by atoms with Gasteiger partial charge in [-0.15, -0.1) is 0 Å². The number of para-hydroxylation sites is 1. The number of piperazine rings is 1. The number of hydrogen-bond donors (Lipinski definition) is 0. The summed E-state index contributed by atoms with van der Waals surface area (Å²) in [5.41, 5.74) is 2.53. The van der Waals surface area contributed by atoms with Crippen molar-refractivity contribution < 1.29 is 14.3 Å². The van der Waals surface area contributed by atoms with Gasteiger partial charge in [0.25, 0.3) is 5.91 Å². The van der Waals surface area contributed by atoms with E-state index in [1.807, 2.05) is 31.2 Å². The highest BCUT2D eigenvalue weighted by atomic mass is 16.5. The standard InChI is InChI=1S/C20H22N2O3/c1-14-6-4-5-7-18(14)22-13-12-21(15(2)19(22)23)20(24)16-8-10-17(25-3)11-9-16/h4-11,15H,12-13H2,1-3H3/t15-/m1/s1. The number of ether oxygens (including phenoxy) is 1. The minimum Gasteiger partial charge on any atom is -0.497 e. The van der Waals surface area contributed by atoms with Gasteiger partial charge in [-0.05, 0) is 49.7 Å². The van der Waals surface area contributed by atoms with E-state index >= 15 is 0 Å². The van der Waals surface area contributed by atoms with Crippen LogP contribution in [0.4, 0.5) is 5.69 Å². The lowest BCUT2D eigenvalue weighted by Gasteiger charge is -2.39. The van der Waals surface area contributed by atoms with Crippen LogP contribution in [0.3, 0.4) is 0 Å². The predicted octanol–water partition coefficient (Wildman–Crippen LogP) is 2.88. The number of carbonyl (C=O) groups excluding carboxylic acids is 2. The van der Waals surface area contributed by atoms with Gasteiger partial charge in [0.2, 0.25) is 5.91 Å². The van der Waals surface area contributed by atoms with Crippen molar-refractivity contribution in [1.29, 1.82) is 0 Å². The first-order chi connectivity index (χ1) is 12.0. The lowest BCUT2D eigenvalue weighted by molar-refractivity contribution is -0.124. The van der Waals surface area contributed by atoms with Gasteiger partial charge in [0.05, 0.1) is 7.11 Å². The van der Waals surface area contributed by atoms with Crippen LogP contribution in [-0.4, -0.2) is 43.0 Å². The van der Waals surface area contributed by atoms with Gasteiger partial charge >= 0.3 is 0 Å². The van der Waals surface area contributed by atoms with Crippen LogP contribution in [-0.2, 0) is 4.79 Å². The van der Waals surface area contributed by atoms with E-state index in [2.05, 4.69) is 0 Å². The normalized spacial score (nSPS) is 17.6. The molecule has 3 rings (SSSR count). The summed E-state index contributed by atoms with van der Waals surface area (Å²) in [5.74, 6) is 0.514. The molecule has 2 aromatic carbocycles. The molecule has 2 aromatic rings. The lowest BCUT2D eigenvalue weighted by atomic mass is 10.1. The van der Waals surface area contributed by atoms with Crippen LogP contribution in [0.15, 0.2) is 48.5 Å². The van der Waals surface area contributed by atoms with Gasteiger partial charge in [0, 0.05) is 24.3 Å². The second-order valence-corrected chi connectivity index (χ2v) is 6.18. The maximum Gasteiger partial charge on any atom is 0.254 e. The number of nitrogens with zero attached hydrogens (tertiary/aromatic N) is 2. The zero-order valence-electron chi connectivity index (χ0n) is 14.7. The number of hydrogen-bond acceptors (Lipinski definition) is 3. The fourth-order valence-corrected chi connectivity index (χ4v) is 3.15. The Morgan fingerprint density at radius 3 is 2.40 bits per heavy atom. The molecule has 25 heavy (non-hydrogen) atoms. The molecule has 0 radical (unpaired) electrons. The maximum atomic E-state index is 12.8. The molecule has 1 aliphatic rings. The van der Waals surface area contributed by atoms with Crippen molar-refractivity contribution >= 4 is 17.5 Å². The van der Waals surface area contributed by atoms with Crippen LogP contribution in [0.25, 0.3) is 0 Å². The zero-order chi connectivity index (χ0) is 18.0. The van der Waals surface area contributed by atoms with Crippen LogP contribution in [0.5, 0.6) is 5.75 Å². The van der Waals surface area contributed by atoms with Crippen LogP contribution < -0.4 is 9.64 Å². The number of rotatable bonds is 3. The van der Waals surface area contributed by atoms with Gasteiger partial charge in [0.1, 0.15) is 11.8 Å². The minimum atomic E-state index is -0.497. The van der Waals surface area contributed by atoms with Gasteiger partial charge in [0.15, 0.2) is 0 Å². The third-order valence-corrected chi connectivity index (χ3v) is 4.66. The van der Waals surface area contributed by atoms with E-state index in [0.717, 1.165) is 11.3 Å². The molecule has 1 saturated heterocycles. The van der Waals surface area contributed by atoms with Gasteiger partial charge in [-0.2, -0.15) is 0 Å². The third kappa shape index (κ3) is 3.22. The summed E-state index contributed by atoms with van der Waals surface area (Å²) in [6.45, 7) is 4.78. The van der Waals surface area contributed by atoms with Gasteiger partial charge in [-0.1, -0.05) is 18.2 Å². The van der Waals surface area contributed by atoms with Crippen molar-refractivity contribution in [1.82, 2.24) is 4.90 Å². The summed E-state index contributed by atoms with van der Waals surface area (Å²) >= 11 is 0. The fraction of sp³-hybridized carbons (Fsp3) is 0.300. The molecule has 0 unspecified atom stereocenters. The first-order valence-corrected chi connectivity index (χ1v) is 8.35. The van der Waals surface area contributed by atoms with Crippen LogP contribution in [0.1, 0.15) is 22.8 Å². The van der Waals surface area contributed by atoms with Crippen molar-refractivity contribution in [3.63, 3.8) is 0 Å². The summed E-state index contributed by atoms with van der Waals surface area (Å²) in [4.78, 5) is 29.0. The molecule has 5 heteroatoms. The number of carbonyl (C=O) groups is 2. The summed E-state index contributed by atoms with van der Waals surface area (Å²) in [5, 5.41) is 0. The summed E-state index contributed by atoms with van der Waals surface area (Å²) in [7, 11) is 1.59. The highest BCUT2D eigenvalue weighted by Gasteiger charge is 2.35. The molecular formula is C20H22N2O3. The minimum absolute atomic E-state index is 0.0533. The van der Waals surface area contributed by atoms with Crippen LogP contribution >= 0.6 is 0 Å². The van der Waals surface area contributed by atoms with Crippen molar-refractivity contribution in [3.8, 4) is 5.75 Å². The predicted molar refractivity (Wildman–Crippen MR) is 97.0 cm³/mol. The van der Waals surface area contributed by atoms with E-state index in [1.165, 1.54) is 0 Å². The highest BCUT2D eigenvalue weighted by Crippen LogP contribution is 2.25. The third-order valence-electron chi connectivity index (χ3n) is 4.66. The number of benzene rings is 2. The Bertz CT molecular complexity index is 786. The van der Waals surface area contributed by atoms with Gasteiger partial charge < -0.3 is 14.5 Å². The molecule has 130 valence electrons. The molecule has 0 N–H and O–H groups in total. The quantitative estimate of drug-likeness (QED) is 0.865. The second-order valence-electron chi connectivity index (χ2n) is 6.18.